The highest BCUT2D eigenvalue weighted by molar-refractivity contribution is 9.10. The van der Waals surface area contributed by atoms with Gasteiger partial charge in [-0.1, -0.05) is 15.9 Å². The zero-order chi connectivity index (χ0) is 13.5. The van der Waals surface area contributed by atoms with Crippen molar-refractivity contribution in [2.75, 3.05) is 20.7 Å². The Labute approximate surface area is 115 Å². The topological polar surface area (TPSA) is 70.6 Å². The van der Waals surface area contributed by atoms with E-state index < -0.39 is 12.0 Å². The zero-order valence-corrected chi connectivity index (χ0v) is 12.0. The lowest BCUT2D eigenvalue weighted by molar-refractivity contribution is -0.139. The van der Waals surface area contributed by atoms with Gasteiger partial charge in [-0.3, -0.25) is 4.79 Å². The van der Waals surface area contributed by atoms with Crippen molar-refractivity contribution in [2.45, 2.75) is 12.6 Å². The minimum atomic E-state index is -0.869. The van der Waals surface area contributed by atoms with Crippen LogP contribution < -0.4 is 15.4 Å². The monoisotopic (exact) mass is 316 g/mol. The van der Waals surface area contributed by atoms with Crippen LogP contribution in [-0.2, 0) is 11.3 Å². The molecule has 0 saturated carbocycles. The van der Waals surface area contributed by atoms with E-state index in [-0.39, 0.29) is 0 Å². The van der Waals surface area contributed by atoms with Gasteiger partial charge in [0.1, 0.15) is 11.8 Å². The minimum Gasteiger partial charge on any atom is -0.496 e. The lowest BCUT2D eigenvalue weighted by atomic mass is 10.2. The summed E-state index contributed by atoms with van der Waals surface area (Å²) in [5, 5.41) is 14.7. The van der Waals surface area contributed by atoms with E-state index in [2.05, 4.69) is 26.6 Å². The first kappa shape index (κ1) is 14.9. The first-order valence-electron chi connectivity index (χ1n) is 5.51. The molecule has 100 valence electrons. The van der Waals surface area contributed by atoms with Crippen LogP contribution in [0.25, 0.3) is 0 Å². The van der Waals surface area contributed by atoms with Gasteiger partial charge in [-0.05, 0) is 25.2 Å². The highest BCUT2D eigenvalue weighted by atomic mass is 79.9. The van der Waals surface area contributed by atoms with Crippen LogP contribution in [0.2, 0.25) is 0 Å². The van der Waals surface area contributed by atoms with Gasteiger partial charge in [0.2, 0.25) is 0 Å². The maximum atomic E-state index is 10.8. The van der Waals surface area contributed by atoms with Gasteiger partial charge < -0.3 is 20.5 Å². The molecule has 0 aliphatic rings. The molecule has 0 heterocycles. The van der Waals surface area contributed by atoms with E-state index in [1.54, 1.807) is 14.2 Å². The molecule has 0 aliphatic heterocycles. The summed E-state index contributed by atoms with van der Waals surface area (Å²) in [5.41, 5.74) is 0.979. The number of hydrogen-bond acceptors (Lipinski definition) is 4. The van der Waals surface area contributed by atoms with Gasteiger partial charge in [0.05, 0.1) is 7.11 Å². The van der Waals surface area contributed by atoms with Crippen molar-refractivity contribution in [1.29, 1.82) is 0 Å². The molecule has 5 nitrogen and oxygen atoms in total. The first-order chi connectivity index (χ1) is 8.58. The fourth-order valence-electron chi connectivity index (χ4n) is 1.55. The number of rotatable bonds is 7. The van der Waals surface area contributed by atoms with Gasteiger partial charge in [-0.25, -0.2) is 0 Å². The third-order valence-electron chi connectivity index (χ3n) is 2.55. The standard InChI is InChI=1S/C12H17BrN2O3/c1-14-10(12(16)17)7-15-6-8-5-9(13)3-4-11(8)18-2/h3-5,10,14-15H,6-7H2,1-2H3,(H,16,17). The summed E-state index contributed by atoms with van der Waals surface area (Å²) in [7, 11) is 3.24. The van der Waals surface area contributed by atoms with Crippen LogP contribution in [0.15, 0.2) is 22.7 Å². The van der Waals surface area contributed by atoms with E-state index in [9.17, 15) is 4.79 Å². The average molecular weight is 317 g/mol. The largest absolute Gasteiger partial charge is 0.496 e. The van der Waals surface area contributed by atoms with Crippen LogP contribution in [0.4, 0.5) is 0 Å². The predicted octanol–water partition coefficient (Wildman–Crippen LogP) is 1.22. The Kier molecular flexibility index (Phi) is 6.11. The van der Waals surface area contributed by atoms with E-state index in [0.717, 1.165) is 15.8 Å². The molecule has 0 spiro atoms. The molecule has 0 fully saturated rings. The third kappa shape index (κ3) is 4.29. The van der Waals surface area contributed by atoms with Crippen molar-refractivity contribution in [3.8, 4) is 5.75 Å². The van der Waals surface area contributed by atoms with Gasteiger partial charge in [-0.2, -0.15) is 0 Å². The molecular formula is C12H17BrN2O3. The molecule has 1 aromatic carbocycles. The van der Waals surface area contributed by atoms with Gasteiger partial charge >= 0.3 is 5.97 Å². The number of carboxylic acid groups (broad SMARTS) is 1. The Morgan fingerprint density at radius 1 is 1.56 bits per heavy atom. The van der Waals surface area contributed by atoms with E-state index >= 15 is 0 Å². The molecule has 0 aliphatic carbocycles. The summed E-state index contributed by atoms with van der Waals surface area (Å²) in [5.74, 6) is -0.0896. The van der Waals surface area contributed by atoms with Crippen LogP contribution >= 0.6 is 15.9 Å². The summed E-state index contributed by atoms with van der Waals surface area (Å²) < 4.78 is 6.20. The molecule has 1 aromatic rings. The van der Waals surface area contributed by atoms with Crippen LogP contribution in [0, 0.1) is 0 Å². The maximum Gasteiger partial charge on any atom is 0.322 e. The second kappa shape index (κ2) is 7.35. The zero-order valence-electron chi connectivity index (χ0n) is 10.4. The first-order valence-corrected chi connectivity index (χ1v) is 6.31. The van der Waals surface area contributed by atoms with E-state index in [1.165, 1.54) is 0 Å². The summed E-state index contributed by atoms with van der Waals surface area (Å²) in [6, 6.07) is 5.12. The van der Waals surface area contributed by atoms with Crippen LogP contribution in [-0.4, -0.2) is 37.8 Å². The molecule has 18 heavy (non-hydrogen) atoms. The smallest absolute Gasteiger partial charge is 0.322 e. The number of ether oxygens (including phenoxy) is 1. The van der Waals surface area contributed by atoms with Crippen molar-refractivity contribution in [3.05, 3.63) is 28.2 Å². The SMILES string of the molecule is CNC(CNCc1cc(Br)ccc1OC)C(=O)O. The molecule has 0 bridgehead atoms. The highest BCUT2D eigenvalue weighted by Crippen LogP contribution is 2.22. The molecule has 6 heteroatoms. The lowest BCUT2D eigenvalue weighted by Gasteiger charge is -2.14. The maximum absolute atomic E-state index is 10.8. The Balaban J connectivity index is 2.57. The number of halogens is 1. The molecule has 0 saturated heterocycles. The number of hydrogen-bond donors (Lipinski definition) is 3. The molecule has 3 N–H and O–H groups in total. The molecular weight excluding hydrogens is 300 g/mol. The van der Waals surface area contributed by atoms with Crippen molar-refractivity contribution in [3.63, 3.8) is 0 Å². The van der Waals surface area contributed by atoms with Crippen molar-refractivity contribution < 1.29 is 14.6 Å². The van der Waals surface area contributed by atoms with Crippen LogP contribution in [0.3, 0.4) is 0 Å². The lowest BCUT2D eigenvalue weighted by Crippen LogP contribution is -2.42. The number of nitrogens with one attached hydrogen (secondary N) is 2. The Hall–Kier alpha value is -1.11. The normalized spacial score (nSPS) is 12.2. The predicted molar refractivity (Wildman–Crippen MR) is 72.9 cm³/mol. The number of carboxylic acids is 1. The Bertz CT molecular complexity index is 412. The number of methoxy groups -OCH3 is 1. The third-order valence-corrected chi connectivity index (χ3v) is 3.05. The van der Waals surface area contributed by atoms with Crippen LogP contribution in [0.1, 0.15) is 5.56 Å². The summed E-state index contributed by atoms with van der Waals surface area (Å²) in [4.78, 5) is 10.8. The minimum absolute atomic E-state index is 0.349. The van der Waals surface area contributed by atoms with E-state index in [4.69, 9.17) is 9.84 Å². The fraction of sp³-hybridized carbons (Fsp3) is 0.417. The van der Waals surface area contributed by atoms with Crippen LogP contribution in [0.5, 0.6) is 5.75 Å². The number of likely N-dealkylation sites (N-methyl/N-ethyl adjacent to an activating group) is 1. The molecule has 1 atom stereocenters. The number of carbonyl (C=O) groups is 1. The van der Waals surface area contributed by atoms with Crippen molar-refractivity contribution in [2.24, 2.45) is 0 Å². The summed E-state index contributed by atoms with van der Waals surface area (Å²) >= 11 is 3.39. The second-order valence-electron chi connectivity index (χ2n) is 3.77. The van der Waals surface area contributed by atoms with Gasteiger partial charge in [0.25, 0.3) is 0 Å². The van der Waals surface area contributed by atoms with Crippen molar-refractivity contribution >= 4 is 21.9 Å². The van der Waals surface area contributed by atoms with Crippen molar-refractivity contribution in [1.82, 2.24) is 10.6 Å². The molecule has 0 radical (unpaired) electrons. The van der Waals surface area contributed by atoms with Gasteiger partial charge in [0, 0.05) is 23.1 Å². The Morgan fingerprint density at radius 2 is 2.28 bits per heavy atom. The quantitative estimate of drug-likeness (QED) is 0.705. The molecule has 1 unspecified atom stereocenters. The summed E-state index contributed by atoms with van der Waals surface area (Å²) in [6.07, 6.45) is 0. The molecule has 1 rings (SSSR count). The summed E-state index contributed by atoms with van der Waals surface area (Å²) in [6.45, 7) is 0.898. The van der Waals surface area contributed by atoms with E-state index in [1.807, 2.05) is 18.2 Å². The van der Waals surface area contributed by atoms with Gasteiger partial charge in [0.15, 0.2) is 0 Å². The van der Waals surface area contributed by atoms with E-state index in [0.29, 0.717) is 13.1 Å². The number of aliphatic carboxylic acids is 1. The van der Waals surface area contributed by atoms with Gasteiger partial charge in [-0.15, -0.1) is 0 Å². The molecule has 0 aromatic heterocycles. The average Bonchev–Trinajstić information content (AvgIpc) is 2.34. The highest BCUT2D eigenvalue weighted by Gasteiger charge is 2.14. The number of benzene rings is 1. The Morgan fingerprint density at radius 3 is 2.83 bits per heavy atom. The second-order valence-corrected chi connectivity index (χ2v) is 4.68. The molecule has 0 amide bonds. The fourth-order valence-corrected chi connectivity index (χ4v) is 1.96.